The van der Waals surface area contributed by atoms with Gasteiger partial charge in [-0.1, -0.05) is 5.16 Å². The summed E-state index contributed by atoms with van der Waals surface area (Å²) in [6.45, 7) is 2.41. The molecule has 1 aromatic carbocycles. The van der Waals surface area contributed by atoms with Gasteiger partial charge in [-0.25, -0.2) is 4.39 Å². The number of nitrogens with two attached hydrogens (primary N) is 1. The SMILES string of the molecule is Cc1noc(-c2ccc(F)cc2)c1CCN. The second-order valence-electron chi connectivity index (χ2n) is 3.62. The van der Waals surface area contributed by atoms with Crippen molar-refractivity contribution >= 4 is 0 Å². The summed E-state index contributed by atoms with van der Waals surface area (Å²) in [4.78, 5) is 0. The monoisotopic (exact) mass is 220 g/mol. The van der Waals surface area contributed by atoms with Gasteiger partial charge in [-0.2, -0.15) is 0 Å². The molecule has 0 fully saturated rings. The number of nitrogens with zero attached hydrogens (tertiary/aromatic N) is 1. The topological polar surface area (TPSA) is 52.0 Å². The van der Waals surface area contributed by atoms with Crippen molar-refractivity contribution in [1.29, 1.82) is 0 Å². The second-order valence-corrected chi connectivity index (χ2v) is 3.62. The van der Waals surface area contributed by atoms with Crippen LogP contribution in [0.4, 0.5) is 4.39 Å². The number of aryl methyl sites for hydroxylation is 1. The Kier molecular flexibility index (Phi) is 3.01. The van der Waals surface area contributed by atoms with E-state index in [0.29, 0.717) is 18.7 Å². The van der Waals surface area contributed by atoms with Crippen molar-refractivity contribution in [3.63, 3.8) is 0 Å². The van der Waals surface area contributed by atoms with Gasteiger partial charge >= 0.3 is 0 Å². The number of hydrogen-bond donors (Lipinski definition) is 1. The number of rotatable bonds is 3. The van der Waals surface area contributed by atoms with Crippen LogP contribution >= 0.6 is 0 Å². The van der Waals surface area contributed by atoms with E-state index >= 15 is 0 Å². The number of aromatic nitrogens is 1. The number of hydrogen-bond acceptors (Lipinski definition) is 3. The molecule has 4 heteroatoms. The average Bonchev–Trinajstić information content (AvgIpc) is 2.63. The van der Waals surface area contributed by atoms with E-state index in [2.05, 4.69) is 5.16 Å². The van der Waals surface area contributed by atoms with Crippen molar-refractivity contribution in [2.75, 3.05) is 6.54 Å². The second kappa shape index (κ2) is 4.45. The molecule has 3 nitrogen and oxygen atoms in total. The molecule has 84 valence electrons. The van der Waals surface area contributed by atoms with Gasteiger partial charge in [0.25, 0.3) is 0 Å². The maximum atomic E-state index is 12.8. The number of benzene rings is 1. The first-order valence-electron chi connectivity index (χ1n) is 5.13. The molecule has 2 N–H and O–H groups in total. The molecule has 0 radical (unpaired) electrons. The lowest BCUT2D eigenvalue weighted by Gasteiger charge is -2.00. The molecule has 1 aromatic heterocycles. The molecule has 2 aromatic rings. The van der Waals surface area contributed by atoms with E-state index in [1.807, 2.05) is 6.92 Å². The molecule has 0 aliphatic carbocycles. The number of halogens is 1. The van der Waals surface area contributed by atoms with E-state index in [1.54, 1.807) is 12.1 Å². The average molecular weight is 220 g/mol. The normalized spacial score (nSPS) is 10.7. The Morgan fingerprint density at radius 2 is 2.00 bits per heavy atom. The predicted molar refractivity (Wildman–Crippen MR) is 59.4 cm³/mol. The van der Waals surface area contributed by atoms with Gasteiger partial charge in [0.1, 0.15) is 5.82 Å². The van der Waals surface area contributed by atoms with Crippen LogP contribution in [0.5, 0.6) is 0 Å². The summed E-state index contributed by atoms with van der Waals surface area (Å²) in [6.07, 6.45) is 0.710. The summed E-state index contributed by atoms with van der Waals surface area (Å²) in [5.41, 5.74) is 8.19. The molecule has 0 unspecified atom stereocenters. The van der Waals surface area contributed by atoms with E-state index in [9.17, 15) is 4.39 Å². The molecule has 2 rings (SSSR count). The molecule has 0 saturated carbocycles. The fraction of sp³-hybridized carbons (Fsp3) is 0.250. The van der Waals surface area contributed by atoms with Crippen molar-refractivity contribution in [3.05, 3.63) is 41.3 Å². The van der Waals surface area contributed by atoms with Crippen molar-refractivity contribution in [1.82, 2.24) is 5.16 Å². The Balaban J connectivity index is 2.43. The first kappa shape index (κ1) is 10.8. The quantitative estimate of drug-likeness (QED) is 0.863. The van der Waals surface area contributed by atoms with Crippen LogP contribution in [-0.2, 0) is 6.42 Å². The lowest BCUT2D eigenvalue weighted by molar-refractivity contribution is 0.426. The van der Waals surface area contributed by atoms with Crippen LogP contribution in [0.25, 0.3) is 11.3 Å². The van der Waals surface area contributed by atoms with E-state index in [1.165, 1.54) is 12.1 Å². The molecule has 0 aliphatic rings. The van der Waals surface area contributed by atoms with Gasteiger partial charge in [0.2, 0.25) is 0 Å². The molecule has 1 heterocycles. The van der Waals surface area contributed by atoms with Crippen LogP contribution in [0.2, 0.25) is 0 Å². The fourth-order valence-electron chi connectivity index (χ4n) is 1.66. The maximum Gasteiger partial charge on any atom is 0.170 e. The Morgan fingerprint density at radius 1 is 1.31 bits per heavy atom. The third-order valence-electron chi connectivity index (χ3n) is 2.49. The molecular formula is C12H13FN2O. The van der Waals surface area contributed by atoms with Crippen molar-refractivity contribution < 1.29 is 8.91 Å². The molecule has 0 spiro atoms. The molecule has 16 heavy (non-hydrogen) atoms. The van der Waals surface area contributed by atoms with Gasteiger partial charge < -0.3 is 10.3 Å². The summed E-state index contributed by atoms with van der Waals surface area (Å²) in [5, 5.41) is 3.91. The smallest absolute Gasteiger partial charge is 0.170 e. The van der Waals surface area contributed by atoms with Gasteiger partial charge in [0, 0.05) is 11.1 Å². The Morgan fingerprint density at radius 3 is 2.62 bits per heavy atom. The van der Waals surface area contributed by atoms with E-state index < -0.39 is 0 Å². The summed E-state index contributed by atoms with van der Waals surface area (Å²) in [7, 11) is 0. The minimum atomic E-state index is -0.264. The van der Waals surface area contributed by atoms with Crippen molar-refractivity contribution in [2.24, 2.45) is 5.73 Å². The van der Waals surface area contributed by atoms with Gasteiger partial charge in [-0.15, -0.1) is 0 Å². The van der Waals surface area contributed by atoms with Crippen LogP contribution < -0.4 is 5.73 Å². The molecule has 0 amide bonds. The lowest BCUT2D eigenvalue weighted by atomic mass is 10.0. The first-order chi connectivity index (χ1) is 7.72. The first-order valence-corrected chi connectivity index (χ1v) is 5.13. The highest BCUT2D eigenvalue weighted by atomic mass is 19.1. The zero-order chi connectivity index (χ0) is 11.5. The maximum absolute atomic E-state index is 12.8. The van der Waals surface area contributed by atoms with E-state index in [4.69, 9.17) is 10.3 Å². The highest BCUT2D eigenvalue weighted by Crippen LogP contribution is 2.26. The minimum absolute atomic E-state index is 0.264. The summed E-state index contributed by atoms with van der Waals surface area (Å²) < 4.78 is 18.0. The van der Waals surface area contributed by atoms with Crippen LogP contribution in [0.15, 0.2) is 28.8 Å². The largest absolute Gasteiger partial charge is 0.356 e. The van der Waals surface area contributed by atoms with Crippen LogP contribution in [0, 0.1) is 12.7 Å². The third kappa shape index (κ3) is 1.97. The van der Waals surface area contributed by atoms with Gasteiger partial charge in [0.05, 0.1) is 5.69 Å². The Labute approximate surface area is 93.1 Å². The molecular weight excluding hydrogens is 207 g/mol. The van der Waals surface area contributed by atoms with Gasteiger partial charge in [0.15, 0.2) is 5.76 Å². The van der Waals surface area contributed by atoms with Crippen LogP contribution in [0.1, 0.15) is 11.3 Å². The molecule has 0 aliphatic heterocycles. The van der Waals surface area contributed by atoms with Crippen molar-refractivity contribution in [3.8, 4) is 11.3 Å². The summed E-state index contributed by atoms with van der Waals surface area (Å²) in [5.74, 6) is 0.420. The van der Waals surface area contributed by atoms with Crippen LogP contribution in [-0.4, -0.2) is 11.7 Å². The van der Waals surface area contributed by atoms with E-state index in [-0.39, 0.29) is 5.82 Å². The van der Waals surface area contributed by atoms with Crippen molar-refractivity contribution in [2.45, 2.75) is 13.3 Å². The molecule has 0 saturated heterocycles. The summed E-state index contributed by atoms with van der Waals surface area (Å²) >= 11 is 0. The highest BCUT2D eigenvalue weighted by molar-refractivity contribution is 5.61. The van der Waals surface area contributed by atoms with Gasteiger partial charge in [-0.3, -0.25) is 0 Å². The summed E-state index contributed by atoms with van der Waals surface area (Å²) in [6, 6.07) is 6.16. The van der Waals surface area contributed by atoms with E-state index in [0.717, 1.165) is 16.8 Å². The predicted octanol–water partition coefficient (Wildman–Crippen LogP) is 2.29. The zero-order valence-electron chi connectivity index (χ0n) is 9.03. The molecule has 0 atom stereocenters. The van der Waals surface area contributed by atoms with Gasteiger partial charge in [-0.05, 0) is 44.2 Å². The fourth-order valence-corrected chi connectivity index (χ4v) is 1.66. The minimum Gasteiger partial charge on any atom is -0.356 e. The molecule has 0 bridgehead atoms. The Hall–Kier alpha value is -1.68. The standard InChI is InChI=1S/C12H13FN2O/c1-8-11(6-7-14)12(16-15-8)9-2-4-10(13)5-3-9/h2-5H,6-7,14H2,1H3. The third-order valence-corrected chi connectivity index (χ3v) is 2.49. The van der Waals surface area contributed by atoms with Crippen LogP contribution in [0.3, 0.4) is 0 Å². The highest BCUT2D eigenvalue weighted by Gasteiger charge is 2.13. The zero-order valence-corrected chi connectivity index (χ0v) is 9.03. The Bertz CT molecular complexity index is 476. The lowest BCUT2D eigenvalue weighted by Crippen LogP contribution is -2.04.